The van der Waals surface area contributed by atoms with Crippen LogP contribution in [0.5, 0.6) is 0 Å². The number of unbranched alkanes of at least 4 members (excludes halogenated alkanes) is 28. The second-order valence-corrected chi connectivity index (χ2v) is 19.5. The average Bonchev–Trinajstić information content (AvgIpc) is 3.60. The highest BCUT2D eigenvalue weighted by Crippen LogP contribution is 2.43. The summed E-state index contributed by atoms with van der Waals surface area (Å²) in [5.41, 5.74) is 0. The molecule has 1 rings (SSSR count). The van der Waals surface area contributed by atoms with Crippen molar-refractivity contribution >= 4 is 43.5 Å². The molecular formula is C50H91N2O13P. The number of carbonyl (C=O) groups excluding carboxylic acids is 6. The van der Waals surface area contributed by atoms with Gasteiger partial charge in [0.05, 0.1) is 13.2 Å². The highest BCUT2D eigenvalue weighted by molar-refractivity contribution is 7.47. The van der Waals surface area contributed by atoms with Gasteiger partial charge in [-0.2, -0.15) is 0 Å². The number of hydrogen-bond donors (Lipinski definition) is 2. The van der Waals surface area contributed by atoms with Crippen molar-refractivity contribution in [3.63, 3.8) is 0 Å². The minimum absolute atomic E-state index is 0.0227. The third-order valence-corrected chi connectivity index (χ3v) is 12.8. The lowest BCUT2D eigenvalue weighted by molar-refractivity contribution is -0.197. The molecule has 2 unspecified atom stereocenters. The zero-order valence-electron chi connectivity index (χ0n) is 41.3. The lowest BCUT2D eigenvalue weighted by Crippen LogP contribution is -2.32. The number of esters is 2. The number of hydroxylamine groups is 2. The van der Waals surface area contributed by atoms with Crippen molar-refractivity contribution in [2.75, 3.05) is 26.4 Å². The lowest BCUT2D eigenvalue weighted by atomic mass is 10.0. The first-order chi connectivity index (χ1) is 32.0. The monoisotopic (exact) mass is 959 g/mol. The van der Waals surface area contributed by atoms with Crippen LogP contribution in [-0.4, -0.2) is 78.1 Å². The summed E-state index contributed by atoms with van der Waals surface area (Å²) in [6.07, 6.45) is 35.3. The highest BCUT2D eigenvalue weighted by atomic mass is 31.2. The molecule has 2 N–H and O–H groups in total. The fourth-order valence-electron chi connectivity index (χ4n) is 7.75. The van der Waals surface area contributed by atoms with Gasteiger partial charge in [0.2, 0.25) is 5.91 Å². The Morgan fingerprint density at radius 2 is 0.924 bits per heavy atom. The van der Waals surface area contributed by atoms with Gasteiger partial charge < -0.3 is 24.5 Å². The van der Waals surface area contributed by atoms with Crippen LogP contribution < -0.4 is 5.32 Å². The van der Waals surface area contributed by atoms with E-state index in [4.69, 9.17) is 23.4 Å². The summed E-state index contributed by atoms with van der Waals surface area (Å²) in [6, 6.07) is 0. The number of ether oxygens (including phenoxy) is 2. The SMILES string of the molecule is CCCCCCCCCCCCCCCCCC(=O)OCC(COP(=O)(O)OCCNC(=O)CCCC(=O)ON1C(=O)CCC1=O)OC(=O)CCCCCCCCCCCCCCCCC. The molecule has 0 spiro atoms. The van der Waals surface area contributed by atoms with Gasteiger partial charge in [0.15, 0.2) is 6.10 Å². The van der Waals surface area contributed by atoms with Crippen LogP contribution in [0.3, 0.4) is 0 Å². The second-order valence-electron chi connectivity index (χ2n) is 18.0. The van der Waals surface area contributed by atoms with Crippen molar-refractivity contribution in [3.05, 3.63) is 0 Å². The van der Waals surface area contributed by atoms with E-state index < -0.39 is 62.8 Å². The second kappa shape index (κ2) is 42.2. The van der Waals surface area contributed by atoms with Crippen LogP contribution in [0.2, 0.25) is 0 Å². The van der Waals surface area contributed by atoms with E-state index in [1.54, 1.807) is 0 Å². The predicted octanol–water partition coefficient (Wildman–Crippen LogP) is 12.0. The molecule has 0 aromatic heterocycles. The van der Waals surface area contributed by atoms with Gasteiger partial charge in [0.1, 0.15) is 6.61 Å². The molecule has 1 aliphatic heterocycles. The molecule has 16 heteroatoms. The number of imide groups is 1. The maximum Gasteiger partial charge on any atom is 0.472 e. The molecule has 1 fully saturated rings. The Morgan fingerprint density at radius 3 is 1.36 bits per heavy atom. The van der Waals surface area contributed by atoms with Crippen LogP contribution in [0.15, 0.2) is 0 Å². The maximum atomic E-state index is 12.8. The van der Waals surface area contributed by atoms with Crippen molar-refractivity contribution in [2.45, 2.75) is 258 Å². The number of phosphoric ester groups is 1. The standard InChI is InChI=1S/C50H91N2O13P/c1-3-5-7-9-11-13-15-17-19-21-23-25-27-29-31-35-48(56)61-42-44(64-49(57)36-32-30-28-26-24-22-20-18-16-14-12-10-8-6-4-2)43-63-66(59,60)62-41-40-51-45(53)34-33-37-50(58)65-52-46(54)38-39-47(52)55/h44H,3-43H2,1-2H3,(H,51,53)(H,59,60). The van der Waals surface area contributed by atoms with Gasteiger partial charge in [-0.1, -0.05) is 194 Å². The third kappa shape index (κ3) is 37.2. The Labute approximate surface area is 398 Å². The van der Waals surface area contributed by atoms with E-state index in [9.17, 15) is 38.2 Å². The van der Waals surface area contributed by atoms with Crippen molar-refractivity contribution in [3.8, 4) is 0 Å². The number of nitrogens with one attached hydrogen (secondary N) is 1. The van der Waals surface area contributed by atoms with E-state index in [-0.39, 0.29) is 58.1 Å². The van der Waals surface area contributed by atoms with Crippen molar-refractivity contribution in [1.29, 1.82) is 0 Å². The Kier molecular flexibility index (Phi) is 39.1. The molecule has 1 aliphatic rings. The summed E-state index contributed by atoms with van der Waals surface area (Å²) in [7, 11) is -4.66. The first kappa shape index (κ1) is 61.1. The molecule has 3 amide bonds. The number of hydrogen-bond acceptors (Lipinski definition) is 12. The minimum Gasteiger partial charge on any atom is -0.462 e. The fraction of sp³-hybridized carbons (Fsp3) is 0.880. The Balaban J connectivity index is 2.38. The molecule has 66 heavy (non-hydrogen) atoms. The minimum atomic E-state index is -4.66. The van der Waals surface area contributed by atoms with Gasteiger partial charge in [0, 0.05) is 45.1 Å². The van der Waals surface area contributed by atoms with Gasteiger partial charge in [-0.3, -0.25) is 33.0 Å². The van der Waals surface area contributed by atoms with Crippen LogP contribution >= 0.6 is 7.82 Å². The molecule has 0 radical (unpaired) electrons. The first-order valence-electron chi connectivity index (χ1n) is 26.3. The van der Waals surface area contributed by atoms with E-state index in [0.717, 1.165) is 38.5 Å². The van der Waals surface area contributed by atoms with Gasteiger partial charge in [-0.05, 0) is 19.3 Å². The molecule has 0 saturated carbocycles. The van der Waals surface area contributed by atoms with E-state index in [1.807, 2.05) is 0 Å². The summed E-state index contributed by atoms with van der Waals surface area (Å²) in [4.78, 5) is 87.7. The average molecular weight is 959 g/mol. The number of rotatable bonds is 47. The zero-order valence-corrected chi connectivity index (χ0v) is 42.2. The van der Waals surface area contributed by atoms with Crippen molar-refractivity contribution in [1.82, 2.24) is 10.4 Å². The summed E-state index contributed by atoms with van der Waals surface area (Å²) in [5, 5.41) is 2.93. The quantitative estimate of drug-likeness (QED) is 0.0253. The Hall–Kier alpha value is -2.87. The molecule has 1 saturated heterocycles. The fourth-order valence-corrected chi connectivity index (χ4v) is 8.50. The van der Waals surface area contributed by atoms with Crippen LogP contribution in [0, 0.1) is 0 Å². The van der Waals surface area contributed by atoms with Gasteiger partial charge >= 0.3 is 25.7 Å². The normalized spacial score (nSPS) is 14.0. The zero-order chi connectivity index (χ0) is 48.4. The number of amides is 3. The van der Waals surface area contributed by atoms with E-state index in [2.05, 4.69) is 19.2 Å². The molecule has 15 nitrogen and oxygen atoms in total. The highest BCUT2D eigenvalue weighted by Gasteiger charge is 2.32. The van der Waals surface area contributed by atoms with Crippen LogP contribution in [-0.2, 0) is 56.7 Å². The van der Waals surface area contributed by atoms with Crippen LogP contribution in [0.1, 0.15) is 251 Å². The molecule has 0 aromatic rings. The van der Waals surface area contributed by atoms with E-state index in [0.29, 0.717) is 17.9 Å². The van der Waals surface area contributed by atoms with Gasteiger partial charge in [0.25, 0.3) is 11.8 Å². The van der Waals surface area contributed by atoms with Crippen molar-refractivity contribution < 1.29 is 61.6 Å². The summed E-state index contributed by atoms with van der Waals surface area (Å²) < 4.78 is 33.7. The third-order valence-electron chi connectivity index (χ3n) is 11.8. The topological polar surface area (TPSA) is 201 Å². The maximum absolute atomic E-state index is 12.8. The van der Waals surface area contributed by atoms with Crippen LogP contribution in [0.4, 0.5) is 0 Å². The van der Waals surface area contributed by atoms with Crippen LogP contribution in [0.25, 0.3) is 0 Å². The largest absolute Gasteiger partial charge is 0.472 e. The molecule has 1 heterocycles. The Bertz CT molecular complexity index is 1330. The molecule has 0 bridgehead atoms. The molecule has 2 atom stereocenters. The van der Waals surface area contributed by atoms with Gasteiger partial charge in [-0.15, -0.1) is 5.06 Å². The lowest BCUT2D eigenvalue weighted by Gasteiger charge is -2.20. The summed E-state index contributed by atoms with van der Waals surface area (Å²) in [6.45, 7) is 3.06. The summed E-state index contributed by atoms with van der Waals surface area (Å²) in [5.74, 6) is -3.44. The number of nitrogens with zero attached hydrogens (tertiary/aromatic N) is 1. The molecular weight excluding hydrogens is 868 g/mol. The summed E-state index contributed by atoms with van der Waals surface area (Å²) >= 11 is 0. The predicted molar refractivity (Wildman–Crippen MR) is 256 cm³/mol. The first-order valence-corrected chi connectivity index (χ1v) is 27.8. The van der Waals surface area contributed by atoms with Gasteiger partial charge in [-0.25, -0.2) is 9.36 Å². The number of phosphoric acid groups is 1. The molecule has 0 aromatic carbocycles. The van der Waals surface area contributed by atoms with Crippen molar-refractivity contribution in [2.24, 2.45) is 0 Å². The van der Waals surface area contributed by atoms with E-state index >= 15 is 0 Å². The molecule has 384 valence electrons. The molecule has 0 aliphatic carbocycles. The Morgan fingerprint density at radius 1 is 0.530 bits per heavy atom. The smallest absolute Gasteiger partial charge is 0.462 e. The van der Waals surface area contributed by atoms with E-state index in [1.165, 1.54) is 141 Å². The number of carbonyl (C=O) groups is 6.